The molecule has 0 spiro atoms. The quantitative estimate of drug-likeness (QED) is 0.501. The van der Waals surface area contributed by atoms with Gasteiger partial charge in [0.15, 0.2) is 5.69 Å². The van der Waals surface area contributed by atoms with Gasteiger partial charge in [-0.2, -0.15) is 0 Å². The number of benzene rings is 1. The van der Waals surface area contributed by atoms with Gasteiger partial charge in [0.2, 0.25) is 5.91 Å². The van der Waals surface area contributed by atoms with Gasteiger partial charge < -0.3 is 9.64 Å². The Bertz CT molecular complexity index is 810. The first-order chi connectivity index (χ1) is 13.7. The van der Waals surface area contributed by atoms with Crippen molar-refractivity contribution >= 4 is 29.3 Å². The summed E-state index contributed by atoms with van der Waals surface area (Å²) in [5.74, 6) is -0.423. The predicted molar refractivity (Wildman–Crippen MR) is 111 cm³/mol. The lowest BCUT2D eigenvalue weighted by Gasteiger charge is -2.33. The Morgan fingerprint density at radius 3 is 2.68 bits per heavy atom. The van der Waals surface area contributed by atoms with E-state index in [1.54, 1.807) is 18.4 Å². The fraction of sp³-hybridized carbons (Fsp3) is 0.409. The number of ether oxygens (including phenoxy) is 1. The van der Waals surface area contributed by atoms with E-state index in [0.29, 0.717) is 18.8 Å². The van der Waals surface area contributed by atoms with Crippen LogP contribution in [-0.2, 0) is 16.1 Å². The second-order valence-electron chi connectivity index (χ2n) is 6.85. The third-order valence-corrected chi connectivity index (χ3v) is 5.69. The number of nitrogens with zero attached hydrogens (tertiary/aromatic N) is 2. The molecule has 1 amide bonds. The second-order valence-corrected chi connectivity index (χ2v) is 7.79. The van der Waals surface area contributed by atoms with Gasteiger partial charge in [0, 0.05) is 17.5 Å². The molecule has 3 rings (SSSR count). The number of hydrogen-bond acceptors (Lipinski definition) is 5. The maximum absolute atomic E-state index is 13.0. The lowest BCUT2D eigenvalue weighted by Crippen LogP contribution is -2.40. The summed E-state index contributed by atoms with van der Waals surface area (Å²) in [5.41, 5.74) is 1.32. The number of carbonyl (C=O) groups is 2. The van der Waals surface area contributed by atoms with Gasteiger partial charge in [-0.25, -0.2) is 9.78 Å². The molecule has 0 bridgehead atoms. The minimum absolute atomic E-state index is 0.0105. The van der Waals surface area contributed by atoms with E-state index in [2.05, 4.69) is 4.98 Å². The van der Waals surface area contributed by atoms with E-state index < -0.39 is 5.97 Å². The molecule has 0 radical (unpaired) electrons. The molecule has 1 heterocycles. The average molecular weight is 399 g/mol. The molecule has 148 valence electrons. The van der Waals surface area contributed by atoms with Crippen LogP contribution in [0.2, 0.25) is 0 Å². The maximum Gasteiger partial charge on any atom is 0.357 e. The zero-order valence-electron chi connectivity index (χ0n) is 16.2. The van der Waals surface area contributed by atoms with Crippen molar-refractivity contribution in [2.24, 2.45) is 0 Å². The first-order valence-corrected chi connectivity index (χ1v) is 10.7. The van der Waals surface area contributed by atoms with Crippen LogP contribution >= 0.6 is 11.3 Å². The Morgan fingerprint density at radius 2 is 1.96 bits per heavy atom. The molecule has 0 unspecified atom stereocenters. The number of amides is 1. The fourth-order valence-corrected chi connectivity index (χ4v) is 4.20. The molecular weight excluding hydrogens is 372 g/mol. The van der Waals surface area contributed by atoms with Crippen LogP contribution < -0.4 is 0 Å². The summed E-state index contributed by atoms with van der Waals surface area (Å²) in [4.78, 5) is 31.2. The summed E-state index contributed by atoms with van der Waals surface area (Å²) < 4.78 is 5.01. The van der Waals surface area contributed by atoms with Gasteiger partial charge >= 0.3 is 5.97 Å². The number of aromatic nitrogens is 1. The number of esters is 1. The van der Waals surface area contributed by atoms with E-state index in [1.807, 2.05) is 41.3 Å². The fourth-order valence-electron chi connectivity index (χ4n) is 3.44. The van der Waals surface area contributed by atoms with Gasteiger partial charge in [0.1, 0.15) is 5.01 Å². The van der Waals surface area contributed by atoms with Crippen LogP contribution in [0.5, 0.6) is 0 Å². The van der Waals surface area contributed by atoms with Gasteiger partial charge in [-0.15, -0.1) is 11.3 Å². The molecule has 0 saturated heterocycles. The SMILES string of the molecule is CCOC(=O)c1csc(CN(C(=O)/C=C/c2ccccc2)C2CCCCC2)n1. The standard InChI is InChI=1S/C22H26N2O3S/c1-2-27-22(26)19-16-28-20(23-19)15-24(18-11-7-4-8-12-18)21(25)14-13-17-9-5-3-6-10-17/h3,5-6,9-10,13-14,16,18H,2,4,7-8,11-12,15H2,1H3/b14-13+. The molecule has 1 fully saturated rings. The molecule has 5 nitrogen and oxygen atoms in total. The zero-order valence-corrected chi connectivity index (χ0v) is 17.0. The summed E-state index contributed by atoms with van der Waals surface area (Å²) >= 11 is 1.40. The summed E-state index contributed by atoms with van der Waals surface area (Å²) in [6.45, 7) is 2.52. The smallest absolute Gasteiger partial charge is 0.357 e. The molecule has 0 aliphatic heterocycles. The molecule has 1 aromatic carbocycles. The lowest BCUT2D eigenvalue weighted by atomic mass is 9.94. The number of rotatable bonds is 7. The number of carbonyl (C=O) groups excluding carboxylic acids is 2. The second kappa shape index (κ2) is 10.2. The molecule has 2 aromatic rings. The molecule has 0 N–H and O–H groups in total. The van der Waals surface area contributed by atoms with Crippen LogP contribution in [0.1, 0.15) is 60.1 Å². The molecule has 0 atom stereocenters. The monoisotopic (exact) mass is 398 g/mol. The van der Waals surface area contributed by atoms with Crippen molar-refractivity contribution in [2.45, 2.75) is 51.6 Å². The van der Waals surface area contributed by atoms with Gasteiger partial charge in [0.05, 0.1) is 13.2 Å². The molecule has 6 heteroatoms. The molecule has 1 aliphatic rings. The summed E-state index contributed by atoms with van der Waals surface area (Å²) in [6, 6.07) is 10.0. The lowest BCUT2D eigenvalue weighted by molar-refractivity contribution is -0.129. The van der Waals surface area contributed by atoms with E-state index in [1.165, 1.54) is 17.8 Å². The maximum atomic E-state index is 13.0. The third-order valence-electron chi connectivity index (χ3n) is 4.86. The zero-order chi connectivity index (χ0) is 19.8. The molecule has 28 heavy (non-hydrogen) atoms. The summed E-state index contributed by atoms with van der Waals surface area (Å²) in [5, 5.41) is 2.46. The number of thiazole rings is 1. The Labute approximate surface area is 170 Å². The van der Waals surface area contributed by atoms with Gasteiger partial charge in [0.25, 0.3) is 0 Å². The number of hydrogen-bond donors (Lipinski definition) is 0. The van der Waals surface area contributed by atoms with Crippen LogP contribution in [0.4, 0.5) is 0 Å². The summed E-state index contributed by atoms with van der Waals surface area (Å²) in [7, 11) is 0. The van der Waals surface area contributed by atoms with Crippen molar-refractivity contribution in [1.29, 1.82) is 0 Å². The Kier molecular flexibility index (Phi) is 7.37. The van der Waals surface area contributed by atoms with E-state index in [4.69, 9.17) is 4.74 Å². The van der Waals surface area contributed by atoms with Gasteiger partial charge in [-0.1, -0.05) is 49.6 Å². The van der Waals surface area contributed by atoms with Crippen LogP contribution in [0.25, 0.3) is 6.08 Å². The van der Waals surface area contributed by atoms with Crippen molar-refractivity contribution in [1.82, 2.24) is 9.88 Å². The Balaban J connectivity index is 1.74. The molecule has 1 aromatic heterocycles. The van der Waals surface area contributed by atoms with Crippen molar-refractivity contribution < 1.29 is 14.3 Å². The van der Waals surface area contributed by atoms with E-state index in [9.17, 15) is 9.59 Å². The third kappa shape index (κ3) is 5.52. The van der Waals surface area contributed by atoms with E-state index in [0.717, 1.165) is 36.3 Å². The first-order valence-electron chi connectivity index (χ1n) is 9.82. The summed E-state index contributed by atoms with van der Waals surface area (Å²) in [6.07, 6.45) is 9.03. The minimum Gasteiger partial charge on any atom is -0.461 e. The highest BCUT2D eigenvalue weighted by Crippen LogP contribution is 2.25. The van der Waals surface area contributed by atoms with Crippen LogP contribution in [0, 0.1) is 0 Å². The Morgan fingerprint density at radius 1 is 1.21 bits per heavy atom. The highest BCUT2D eigenvalue weighted by atomic mass is 32.1. The van der Waals surface area contributed by atoms with Crippen molar-refractivity contribution in [2.75, 3.05) is 6.61 Å². The Hall–Kier alpha value is -2.47. The predicted octanol–water partition coefficient (Wildman–Crippen LogP) is 4.69. The van der Waals surface area contributed by atoms with Crippen LogP contribution in [-0.4, -0.2) is 34.4 Å². The van der Waals surface area contributed by atoms with E-state index in [-0.39, 0.29) is 11.9 Å². The van der Waals surface area contributed by atoms with Crippen molar-refractivity contribution in [3.05, 3.63) is 58.1 Å². The molecule has 1 aliphatic carbocycles. The van der Waals surface area contributed by atoms with Crippen molar-refractivity contribution in [3.8, 4) is 0 Å². The van der Waals surface area contributed by atoms with Crippen molar-refractivity contribution in [3.63, 3.8) is 0 Å². The van der Waals surface area contributed by atoms with Crippen LogP contribution in [0.15, 0.2) is 41.8 Å². The molecular formula is C22H26N2O3S. The normalized spacial score (nSPS) is 14.9. The first kappa shape index (κ1) is 20.3. The highest BCUT2D eigenvalue weighted by molar-refractivity contribution is 7.09. The van der Waals surface area contributed by atoms with Gasteiger partial charge in [-0.3, -0.25) is 4.79 Å². The largest absolute Gasteiger partial charge is 0.461 e. The average Bonchev–Trinajstić information content (AvgIpc) is 3.21. The minimum atomic E-state index is -0.412. The highest BCUT2D eigenvalue weighted by Gasteiger charge is 2.25. The van der Waals surface area contributed by atoms with E-state index >= 15 is 0 Å². The van der Waals surface area contributed by atoms with Gasteiger partial charge in [-0.05, 0) is 31.4 Å². The van der Waals surface area contributed by atoms with Crippen LogP contribution in [0.3, 0.4) is 0 Å². The topological polar surface area (TPSA) is 59.5 Å². The molecule has 1 saturated carbocycles.